The van der Waals surface area contributed by atoms with Gasteiger partial charge in [0.05, 0.1) is 5.69 Å². The van der Waals surface area contributed by atoms with Crippen LogP contribution in [0.4, 0.5) is 5.69 Å². The molecule has 0 saturated heterocycles. The van der Waals surface area contributed by atoms with Crippen molar-refractivity contribution in [1.29, 1.82) is 0 Å². The van der Waals surface area contributed by atoms with Gasteiger partial charge in [-0.1, -0.05) is 12.1 Å². The Morgan fingerprint density at radius 2 is 2.00 bits per heavy atom. The minimum absolute atomic E-state index is 0.163. The van der Waals surface area contributed by atoms with E-state index < -0.39 is 6.10 Å². The predicted molar refractivity (Wildman–Crippen MR) is 80.8 cm³/mol. The van der Waals surface area contributed by atoms with Crippen LogP contribution in [0.3, 0.4) is 0 Å². The highest BCUT2D eigenvalue weighted by molar-refractivity contribution is 5.51. The van der Waals surface area contributed by atoms with Crippen molar-refractivity contribution in [3.63, 3.8) is 0 Å². The number of nitrogen functional groups attached to an aromatic ring is 1. The van der Waals surface area contributed by atoms with E-state index in [2.05, 4.69) is 18.7 Å². The molecule has 4 N–H and O–H groups in total. The van der Waals surface area contributed by atoms with E-state index in [-0.39, 0.29) is 13.2 Å². The molecule has 1 rings (SSSR count). The molecule has 0 aromatic heterocycles. The van der Waals surface area contributed by atoms with E-state index in [0.29, 0.717) is 30.4 Å². The maximum Gasteiger partial charge on any atom is 0.142 e. The monoisotopic (exact) mass is 282 g/mol. The van der Waals surface area contributed by atoms with E-state index in [1.54, 1.807) is 12.1 Å². The van der Waals surface area contributed by atoms with Crippen molar-refractivity contribution in [3.05, 3.63) is 24.3 Å². The fraction of sp³-hybridized carbons (Fsp3) is 0.600. The van der Waals surface area contributed by atoms with E-state index in [1.807, 2.05) is 12.1 Å². The maximum absolute atomic E-state index is 10.1. The van der Waals surface area contributed by atoms with Crippen LogP contribution in [-0.2, 0) is 0 Å². The van der Waals surface area contributed by atoms with E-state index in [1.165, 1.54) is 0 Å². The zero-order valence-electron chi connectivity index (χ0n) is 12.3. The lowest BCUT2D eigenvalue weighted by atomic mass is 10.2. The summed E-state index contributed by atoms with van der Waals surface area (Å²) in [5.41, 5.74) is 6.35. The van der Waals surface area contributed by atoms with Gasteiger partial charge in [-0.05, 0) is 32.4 Å². The Kier molecular flexibility index (Phi) is 7.36. The minimum Gasteiger partial charge on any atom is -0.489 e. The van der Waals surface area contributed by atoms with Gasteiger partial charge in [0, 0.05) is 25.7 Å². The summed E-state index contributed by atoms with van der Waals surface area (Å²) in [6.45, 7) is 5.79. The molecule has 0 spiro atoms. The van der Waals surface area contributed by atoms with Gasteiger partial charge in [0.15, 0.2) is 0 Å². The normalized spacial score (nSPS) is 12.9. The average molecular weight is 282 g/mol. The van der Waals surface area contributed by atoms with E-state index in [9.17, 15) is 5.11 Å². The first-order chi connectivity index (χ1) is 9.54. The summed E-state index contributed by atoms with van der Waals surface area (Å²) in [5, 5.41) is 18.9. The summed E-state index contributed by atoms with van der Waals surface area (Å²) in [4.78, 5) is 2.12. The lowest BCUT2D eigenvalue weighted by molar-refractivity contribution is 0.0551. The summed E-state index contributed by atoms with van der Waals surface area (Å²) in [7, 11) is 0. The molecule has 0 fully saturated rings. The number of nitrogens with two attached hydrogens (primary N) is 1. The molecule has 20 heavy (non-hydrogen) atoms. The summed E-state index contributed by atoms with van der Waals surface area (Å²) in [6.07, 6.45) is 0.118. The minimum atomic E-state index is -0.587. The van der Waals surface area contributed by atoms with Crippen LogP contribution in [0.2, 0.25) is 0 Å². The van der Waals surface area contributed by atoms with Gasteiger partial charge < -0.3 is 20.7 Å². The van der Waals surface area contributed by atoms with Crippen molar-refractivity contribution < 1.29 is 14.9 Å². The molecule has 0 saturated carbocycles. The second kappa shape index (κ2) is 8.79. The molecule has 0 radical (unpaired) electrons. The SMILES string of the molecule is CC(C)N(CCCO)CC(O)COc1ccccc1N. The van der Waals surface area contributed by atoms with Gasteiger partial charge in [0.25, 0.3) is 0 Å². The Morgan fingerprint density at radius 1 is 1.30 bits per heavy atom. The van der Waals surface area contributed by atoms with E-state index in [4.69, 9.17) is 15.6 Å². The first kappa shape index (κ1) is 16.8. The number of benzene rings is 1. The number of ether oxygens (including phenoxy) is 1. The molecule has 5 heteroatoms. The molecular formula is C15H26N2O3. The second-order valence-corrected chi connectivity index (χ2v) is 5.17. The predicted octanol–water partition coefficient (Wildman–Crippen LogP) is 1.10. The smallest absolute Gasteiger partial charge is 0.142 e. The van der Waals surface area contributed by atoms with Crippen molar-refractivity contribution in [2.24, 2.45) is 0 Å². The highest BCUT2D eigenvalue weighted by atomic mass is 16.5. The standard InChI is InChI=1S/C15H26N2O3/c1-12(2)17(8-5-9-18)10-13(19)11-20-15-7-4-3-6-14(15)16/h3-4,6-7,12-13,18-19H,5,8-11,16H2,1-2H3. The molecular weight excluding hydrogens is 256 g/mol. The summed E-state index contributed by atoms with van der Waals surface area (Å²) in [5.74, 6) is 0.595. The van der Waals surface area contributed by atoms with Crippen LogP contribution in [0.1, 0.15) is 20.3 Å². The third kappa shape index (κ3) is 5.77. The van der Waals surface area contributed by atoms with Crippen LogP contribution in [0, 0.1) is 0 Å². The third-order valence-corrected chi connectivity index (χ3v) is 3.13. The number of rotatable bonds is 9. The van der Waals surface area contributed by atoms with Crippen LogP contribution >= 0.6 is 0 Å². The van der Waals surface area contributed by atoms with Crippen molar-refractivity contribution in [2.75, 3.05) is 32.0 Å². The second-order valence-electron chi connectivity index (χ2n) is 5.17. The molecule has 5 nitrogen and oxygen atoms in total. The van der Waals surface area contributed by atoms with Gasteiger partial charge in [-0.15, -0.1) is 0 Å². The Hall–Kier alpha value is -1.30. The number of nitrogens with zero attached hydrogens (tertiary/aromatic N) is 1. The number of para-hydroxylation sites is 2. The molecule has 0 aliphatic rings. The Balaban J connectivity index is 2.41. The fourth-order valence-electron chi connectivity index (χ4n) is 1.96. The molecule has 0 aliphatic carbocycles. The van der Waals surface area contributed by atoms with E-state index in [0.717, 1.165) is 6.54 Å². The molecule has 1 aromatic carbocycles. The molecule has 1 aromatic rings. The zero-order chi connectivity index (χ0) is 15.0. The number of aliphatic hydroxyl groups excluding tert-OH is 2. The Morgan fingerprint density at radius 3 is 2.60 bits per heavy atom. The largest absolute Gasteiger partial charge is 0.489 e. The van der Waals surface area contributed by atoms with Crippen LogP contribution in [0.5, 0.6) is 5.75 Å². The number of aliphatic hydroxyl groups is 2. The van der Waals surface area contributed by atoms with Crippen molar-refractivity contribution in [1.82, 2.24) is 4.90 Å². The molecule has 1 atom stereocenters. The number of anilines is 1. The Labute approximate surface area is 121 Å². The molecule has 1 unspecified atom stereocenters. The highest BCUT2D eigenvalue weighted by Gasteiger charge is 2.15. The van der Waals surface area contributed by atoms with Gasteiger partial charge >= 0.3 is 0 Å². The lowest BCUT2D eigenvalue weighted by Crippen LogP contribution is -2.40. The summed E-state index contributed by atoms with van der Waals surface area (Å²) >= 11 is 0. The number of hydrogen-bond donors (Lipinski definition) is 3. The van der Waals surface area contributed by atoms with Crippen molar-refractivity contribution >= 4 is 5.69 Å². The summed E-state index contributed by atoms with van der Waals surface area (Å²) < 4.78 is 5.53. The van der Waals surface area contributed by atoms with Crippen LogP contribution in [0.25, 0.3) is 0 Å². The highest BCUT2D eigenvalue weighted by Crippen LogP contribution is 2.19. The number of hydrogen-bond acceptors (Lipinski definition) is 5. The topological polar surface area (TPSA) is 79.0 Å². The van der Waals surface area contributed by atoms with Crippen LogP contribution < -0.4 is 10.5 Å². The average Bonchev–Trinajstić information content (AvgIpc) is 2.42. The zero-order valence-corrected chi connectivity index (χ0v) is 12.3. The Bertz CT molecular complexity index is 385. The quantitative estimate of drug-likeness (QED) is 0.591. The van der Waals surface area contributed by atoms with Gasteiger partial charge in [0.2, 0.25) is 0 Å². The van der Waals surface area contributed by atoms with E-state index >= 15 is 0 Å². The van der Waals surface area contributed by atoms with Gasteiger partial charge in [0.1, 0.15) is 18.5 Å². The molecule has 0 amide bonds. The first-order valence-corrected chi connectivity index (χ1v) is 7.05. The van der Waals surface area contributed by atoms with Crippen LogP contribution in [0.15, 0.2) is 24.3 Å². The van der Waals surface area contributed by atoms with Gasteiger partial charge in [-0.25, -0.2) is 0 Å². The van der Waals surface area contributed by atoms with Crippen molar-refractivity contribution in [3.8, 4) is 5.75 Å². The van der Waals surface area contributed by atoms with Gasteiger partial charge in [-0.3, -0.25) is 4.90 Å². The van der Waals surface area contributed by atoms with Crippen LogP contribution in [-0.4, -0.2) is 53.6 Å². The van der Waals surface area contributed by atoms with Gasteiger partial charge in [-0.2, -0.15) is 0 Å². The third-order valence-electron chi connectivity index (χ3n) is 3.13. The maximum atomic E-state index is 10.1. The molecule has 0 aliphatic heterocycles. The molecule has 114 valence electrons. The first-order valence-electron chi connectivity index (χ1n) is 7.05. The van der Waals surface area contributed by atoms with Crippen molar-refractivity contribution in [2.45, 2.75) is 32.4 Å². The fourth-order valence-corrected chi connectivity index (χ4v) is 1.96. The molecule has 0 heterocycles. The molecule has 0 bridgehead atoms. The lowest BCUT2D eigenvalue weighted by Gasteiger charge is -2.28. The summed E-state index contributed by atoms with van der Waals surface area (Å²) in [6, 6.07) is 7.56.